The normalized spacial score (nSPS) is 34.3. The lowest BCUT2D eigenvalue weighted by Gasteiger charge is -2.36. The molecule has 8 heteroatoms. The second-order valence-corrected chi connectivity index (χ2v) is 8.67. The number of fused-ring (bicyclic) bond motifs is 3. The molecule has 164 valence electrons. The van der Waals surface area contributed by atoms with Gasteiger partial charge in [-0.15, -0.1) is 0 Å². The number of amides is 2. The van der Waals surface area contributed by atoms with Crippen molar-refractivity contribution in [2.24, 2.45) is 28.5 Å². The maximum absolute atomic E-state index is 14.7. The van der Waals surface area contributed by atoms with Crippen molar-refractivity contribution < 1.29 is 14.0 Å². The van der Waals surface area contributed by atoms with Gasteiger partial charge in [-0.3, -0.25) is 9.59 Å². The standard InChI is InChI=1S/C23H28FN5O2/c1-12-18(24)11-26-13(2)28-16-5-3-4-14(8-16)6-7-20(30)29-19-10-15-9-17(19)22(27-12)21(15)23(25)31/h3-5,8,11,15,17,19,21-22,27-28H,2,6-7,9-10H2,1H3,(H2,25,31)(H,29,30)/b18-12-,26-11-. The van der Waals surface area contributed by atoms with Gasteiger partial charge in [0.2, 0.25) is 11.8 Å². The number of carbonyl (C=O) groups excluding carboxylic acids is 2. The van der Waals surface area contributed by atoms with Gasteiger partial charge in [0.1, 0.15) is 5.82 Å². The molecular formula is C23H28FN5O2. The molecule has 0 aromatic heterocycles. The molecule has 1 heterocycles. The van der Waals surface area contributed by atoms with Crippen LogP contribution in [0.25, 0.3) is 0 Å². The molecule has 2 amide bonds. The molecule has 0 radical (unpaired) electrons. The molecule has 2 aliphatic carbocycles. The second-order valence-electron chi connectivity index (χ2n) is 8.67. The van der Waals surface area contributed by atoms with Crippen molar-refractivity contribution >= 4 is 23.7 Å². The van der Waals surface area contributed by atoms with Gasteiger partial charge in [0.15, 0.2) is 5.83 Å². The Kier molecular flexibility index (Phi) is 5.80. The fourth-order valence-electron chi connectivity index (χ4n) is 5.22. The van der Waals surface area contributed by atoms with Gasteiger partial charge in [0.25, 0.3) is 0 Å². The molecular weight excluding hydrogens is 397 g/mol. The van der Waals surface area contributed by atoms with Crippen molar-refractivity contribution in [3.05, 3.63) is 53.8 Å². The number of nitrogens with one attached hydrogen (secondary N) is 3. The lowest BCUT2D eigenvalue weighted by atomic mass is 9.81. The third kappa shape index (κ3) is 4.47. The number of halogens is 1. The van der Waals surface area contributed by atoms with Gasteiger partial charge >= 0.3 is 0 Å². The van der Waals surface area contributed by atoms with E-state index in [2.05, 4.69) is 27.5 Å². The highest BCUT2D eigenvalue weighted by atomic mass is 19.1. The molecule has 1 aliphatic heterocycles. The van der Waals surface area contributed by atoms with Crippen LogP contribution in [0.4, 0.5) is 10.1 Å². The number of anilines is 1. The molecule has 5 N–H and O–H groups in total. The molecule has 0 saturated heterocycles. The molecule has 5 atom stereocenters. The van der Waals surface area contributed by atoms with E-state index in [1.165, 1.54) is 0 Å². The fraction of sp³-hybridized carbons (Fsp3) is 0.435. The summed E-state index contributed by atoms with van der Waals surface area (Å²) in [5.41, 5.74) is 7.72. The minimum absolute atomic E-state index is 0.0155. The lowest BCUT2D eigenvalue weighted by molar-refractivity contribution is -0.124. The summed E-state index contributed by atoms with van der Waals surface area (Å²) in [6.45, 7) is 5.42. The lowest BCUT2D eigenvalue weighted by Crippen LogP contribution is -2.53. The van der Waals surface area contributed by atoms with Crippen LogP contribution in [0.15, 0.2) is 53.2 Å². The quantitative estimate of drug-likeness (QED) is 0.554. The van der Waals surface area contributed by atoms with E-state index in [9.17, 15) is 14.0 Å². The number of hydrogen-bond acceptors (Lipinski definition) is 5. The van der Waals surface area contributed by atoms with E-state index in [1.807, 2.05) is 24.3 Å². The Balaban J connectivity index is 1.64. The molecule has 1 aromatic carbocycles. The Bertz CT molecular complexity index is 972. The first kappa shape index (κ1) is 21.1. The van der Waals surface area contributed by atoms with Crippen molar-refractivity contribution in [1.82, 2.24) is 10.6 Å². The van der Waals surface area contributed by atoms with Crippen LogP contribution >= 0.6 is 0 Å². The van der Waals surface area contributed by atoms with Crippen LogP contribution in [0, 0.1) is 17.8 Å². The molecule has 5 unspecified atom stereocenters. The number of nitrogens with two attached hydrogens (primary N) is 1. The Labute approximate surface area is 181 Å². The number of rotatable bonds is 1. The minimum Gasteiger partial charge on any atom is -0.382 e. The summed E-state index contributed by atoms with van der Waals surface area (Å²) >= 11 is 0. The third-order valence-electron chi connectivity index (χ3n) is 6.61. The summed E-state index contributed by atoms with van der Waals surface area (Å²) < 4.78 is 14.7. The first-order valence-corrected chi connectivity index (χ1v) is 10.6. The number of primary amides is 1. The van der Waals surface area contributed by atoms with Crippen LogP contribution in [-0.2, 0) is 16.0 Å². The number of aliphatic imine (C=N–C) groups is 1. The Morgan fingerprint density at radius 3 is 2.84 bits per heavy atom. The highest BCUT2D eigenvalue weighted by Gasteiger charge is 2.55. The maximum atomic E-state index is 14.7. The second kappa shape index (κ2) is 8.53. The zero-order valence-corrected chi connectivity index (χ0v) is 17.5. The van der Waals surface area contributed by atoms with E-state index < -0.39 is 11.7 Å². The summed E-state index contributed by atoms with van der Waals surface area (Å²) in [5.74, 6) is -0.970. The number of allylic oxidation sites excluding steroid dienone is 2. The molecule has 3 aliphatic rings. The van der Waals surface area contributed by atoms with Crippen LogP contribution < -0.4 is 21.7 Å². The summed E-state index contributed by atoms with van der Waals surface area (Å²) in [7, 11) is 0. The minimum atomic E-state index is -0.549. The summed E-state index contributed by atoms with van der Waals surface area (Å²) in [6.07, 6.45) is 3.56. The van der Waals surface area contributed by atoms with Gasteiger partial charge < -0.3 is 21.7 Å². The van der Waals surface area contributed by atoms with E-state index in [0.717, 1.165) is 23.9 Å². The monoisotopic (exact) mass is 425 g/mol. The third-order valence-corrected chi connectivity index (χ3v) is 6.61. The van der Waals surface area contributed by atoms with Gasteiger partial charge in [0.05, 0.1) is 12.1 Å². The molecule has 31 heavy (non-hydrogen) atoms. The number of aryl methyl sites for hydroxylation is 1. The van der Waals surface area contributed by atoms with Crippen LogP contribution in [0.1, 0.15) is 31.7 Å². The maximum Gasteiger partial charge on any atom is 0.222 e. The van der Waals surface area contributed by atoms with Gasteiger partial charge in [-0.25, -0.2) is 9.38 Å². The van der Waals surface area contributed by atoms with E-state index in [-0.39, 0.29) is 47.3 Å². The van der Waals surface area contributed by atoms with Gasteiger partial charge in [-0.1, -0.05) is 18.7 Å². The Morgan fingerprint density at radius 1 is 1.26 bits per heavy atom. The summed E-state index contributed by atoms with van der Waals surface area (Å²) in [6, 6.07) is 7.25. The van der Waals surface area contributed by atoms with Gasteiger partial charge in [-0.05, 0) is 49.8 Å². The smallest absolute Gasteiger partial charge is 0.222 e. The first-order valence-electron chi connectivity index (χ1n) is 10.6. The largest absolute Gasteiger partial charge is 0.382 e. The molecule has 4 rings (SSSR count). The predicted octanol–water partition coefficient (Wildman–Crippen LogP) is 2.37. The Morgan fingerprint density at radius 2 is 2.06 bits per heavy atom. The number of benzene rings is 1. The van der Waals surface area contributed by atoms with Crippen LogP contribution in [0.5, 0.6) is 0 Å². The Hall–Kier alpha value is -3.16. The number of hydrogen-bond donors (Lipinski definition) is 4. The van der Waals surface area contributed by atoms with E-state index in [4.69, 9.17) is 5.73 Å². The number of nitrogens with zero attached hydrogens (tertiary/aromatic N) is 1. The van der Waals surface area contributed by atoms with Crippen molar-refractivity contribution in [2.45, 2.75) is 44.7 Å². The summed E-state index contributed by atoms with van der Waals surface area (Å²) in [5, 5.41) is 9.33. The van der Waals surface area contributed by atoms with Crippen LogP contribution in [-0.4, -0.2) is 30.1 Å². The molecule has 0 spiro atoms. The van der Waals surface area contributed by atoms with E-state index >= 15 is 0 Å². The molecule has 2 fully saturated rings. The average molecular weight is 426 g/mol. The van der Waals surface area contributed by atoms with Gasteiger partial charge in [-0.2, -0.15) is 0 Å². The molecule has 4 bridgehead atoms. The zero-order chi connectivity index (χ0) is 22.1. The van der Waals surface area contributed by atoms with Crippen LogP contribution in [0.2, 0.25) is 0 Å². The molecule has 1 aromatic rings. The molecule has 2 saturated carbocycles. The average Bonchev–Trinajstić information content (AvgIpc) is 3.28. The van der Waals surface area contributed by atoms with Crippen molar-refractivity contribution in [1.29, 1.82) is 0 Å². The predicted molar refractivity (Wildman–Crippen MR) is 118 cm³/mol. The van der Waals surface area contributed by atoms with Crippen molar-refractivity contribution in [3.8, 4) is 0 Å². The van der Waals surface area contributed by atoms with Crippen LogP contribution in [0.3, 0.4) is 0 Å². The SMILES string of the molecule is C=C1/N=C\C(F)=C(/C)NC2C3CC(CC3NC(=O)CCc3cccc(c3)N1)C2C(N)=O. The van der Waals surface area contributed by atoms with Crippen molar-refractivity contribution in [2.75, 3.05) is 5.32 Å². The summed E-state index contributed by atoms with van der Waals surface area (Å²) in [4.78, 5) is 28.8. The van der Waals surface area contributed by atoms with Gasteiger partial charge in [0, 0.05) is 35.8 Å². The van der Waals surface area contributed by atoms with E-state index in [0.29, 0.717) is 19.3 Å². The highest BCUT2D eigenvalue weighted by molar-refractivity contribution is 5.80. The fourth-order valence-corrected chi connectivity index (χ4v) is 5.22. The molecule has 7 nitrogen and oxygen atoms in total. The van der Waals surface area contributed by atoms with Crippen molar-refractivity contribution in [3.63, 3.8) is 0 Å². The van der Waals surface area contributed by atoms with E-state index in [1.54, 1.807) is 6.92 Å². The highest BCUT2D eigenvalue weighted by Crippen LogP contribution is 2.49. The zero-order valence-electron chi connectivity index (χ0n) is 17.5. The number of carbonyl (C=O) groups is 2. The topological polar surface area (TPSA) is 109 Å². The first-order chi connectivity index (χ1) is 14.8.